The van der Waals surface area contributed by atoms with Gasteiger partial charge in [-0.2, -0.15) is 0 Å². The first-order valence-electron chi connectivity index (χ1n) is 10.0. The SMILES string of the molecule is CCN(CC)c1nc2sc(C(=O)Nc3ccccc3CN3CCOCC3)cc2s1. The number of nitrogens with zero attached hydrogens (tertiary/aromatic N) is 3. The Labute approximate surface area is 179 Å². The number of fused-ring (bicyclic) bond motifs is 1. The van der Waals surface area contributed by atoms with Gasteiger partial charge < -0.3 is 15.0 Å². The number of hydrogen-bond acceptors (Lipinski definition) is 7. The standard InChI is InChI=1S/C21H26N4O2S2/c1-3-25(4-2)21-23-20-18(29-21)13-17(28-20)19(26)22-16-8-6-5-7-15(16)14-24-9-11-27-12-10-24/h5-8,13H,3-4,9-12,14H2,1-2H3,(H,22,26). The Hall–Kier alpha value is -2.00. The third-order valence-corrected chi connectivity index (χ3v) is 7.32. The first-order chi connectivity index (χ1) is 14.2. The molecule has 1 saturated heterocycles. The minimum atomic E-state index is -0.0704. The number of nitrogens with one attached hydrogen (secondary N) is 1. The number of carbonyl (C=O) groups is 1. The summed E-state index contributed by atoms with van der Waals surface area (Å²) in [6.45, 7) is 10.3. The van der Waals surface area contributed by atoms with E-state index in [1.807, 2.05) is 24.3 Å². The molecule has 29 heavy (non-hydrogen) atoms. The van der Waals surface area contributed by atoms with Gasteiger partial charge >= 0.3 is 0 Å². The summed E-state index contributed by atoms with van der Waals surface area (Å²) in [4.78, 5) is 23.8. The van der Waals surface area contributed by atoms with E-state index in [0.717, 1.165) is 71.9 Å². The van der Waals surface area contributed by atoms with Crippen LogP contribution in [0.1, 0.15) is 29.1 Å². The summed E-state index contributed by atoms with van der Waals surface area (Å²) in [6.07, 6.45) is 0. The van der Waals surface area contributed by atoms with E-state index < -0.39 is 0 Å². The number of para-hydroxylation sites is 1. The zero-order valence-electron chi connectivity index (χ0n) is 16.8. The number of rotatable bonds is 7. The first-order valence-corrected chi connectivity index (χ1v) is 11.7. The van der Waals surface area contributed by atoms with E-state index in [4.69, 9.17) is 9.72 Å². The van der Waals surface area contributed by atoms with E-state index in [1.165, 1.54) is 11.3 Å². The van der Waals surface area contributed by atoms with Crippen molar-refractivity contribution in [2.45, 2.75) is 20.4 Å². The number of benzene rings is 1. The lowest BCUT2D eigenvalue weighted by molar-refractivity contribution is 0.0342. The molecule has 1 amide bonds. The van der Waals surface area contributed by atoms with Gasteiger partial charge in [0.25, 0.3) is 5.91 Å². The van der Waals surface area contributed by atoms with Crippen LogP contribution in [0, 0.1) is 0 Å². The van der Waals surface area contributed by atoms with E-state index >= 15 is 0 Å². The van der Waals surface area contributed by atoms with Crippen LogP contribution in [-0.2, 0) is 11.3 Å². The molecule has 0 unspecified atom stereocenters. The van der Waals surface area contributed by atoms with Gasteiger partial charge in [0, 0.05) is 38.4 Å². The van der Waals surface area contributed by atoms with Crippen molar-refractivity contribution in [2.24, 2.45) is 0 Å². The van der Waals surface area contributed by atoms with Gasteiger partial charge in [0.05, 0.1) is 22.8 Å². The van der Waals surface area contributed by atoms with Gasteiger partial charge in [0.2, 0.25) is 0 Å². The lowest BCUT2D eigenvalue weighted by atomic mass is 10.1. The molecule has 0 saturated carbocycles. The Kier molecular flexibility index (Phi) is 6.44. The molecule has 3 heterocycles. The monoisotopic (exact) mass is 430 g/mol. The molecule has 8 heteroatoms. The molecule has 4 rings (SSSR count). The number of ether oxygens (including phenoxy) is 1. The molecule has 1 fully saturated rings. The van der Waals surface area contributed by atoms with Gasteiger partial charge in [0.1, 0.15) is 4.83 Å². The fourth-order valence-electron chi connectivity index (χ4n) is 3.43. The van der Waals surface area contributed by atoms with Crippen LogP contribution in [0.3, 0.4) is 0 Å². The Morgan fingerprint density at radius 3 is 2.69 bits per heavy atom. The molecule has 2 aromatic heterocycles. The average Bonchev–Trinajstić information content (AvgIpc) is 3.31. The Morgan fingerprint density at radius 1 is 1.21 bits per heavy atom. The van der Waals surface area contributed by atoms with Crippen LogP contribution in [0.25, 0.3) is 9.53 Å². The molecule has 0 radical (unpaired) electrons. The highest BCUT2D eigenvalue weighted by atomic mass is 32.1. The number of thiazole rings is 1. The second-order valence-corrected chi connectivity index (χ2v) is 8.99. The number of carbonyl (C=O) groups excluding carboxylic acids is 1. The molecule has 1 aliphatic heterocycles. The second kappa shape index (κ2) is 9.21. The van der Waals surface area contributed by atoms with Crippen molar-refractivity contribution >= 4 is 48.9 Å². The van der Waals surface area contributed by atoms with E-state index in [9.17, 15) is 4.79 Å². The molecule has 0 bridgehead atoms. The van der Waals surface area contributed by atoms with Crippen molar-refractivity contribution in [2.75, 3.05) is 49.6 Å². The minimum absolute atomic E-state index is 0.0704. The minimum Gasteiger partial charge on any atom is -0.379 e. The highest BCUT2D eigenvalue weighted by Gasteiger charge is 2.18. The number of amides is 1. The summed E-state index contributed by atoms with van der Waals surface area (Å²) in [5, 5.41) is 4.13. The van der Waals surface area contributed by atoms with E-state index in [-0.39, 0.29) is 5.91 Å². The maximum Gasteiger partial charge on any atom is 0.265 e. The molecule has 0 spiro atoms. The molecule has 6 nitrogen and oxygen atoms in total. The summed E-state index contributed by atoms with van der Waals surface area (Å²) in [5.74, 6) is -0.0704. The van der Waals surface area contributed by atoms with Crippen LogP contribution in [0.4, 0.5) is 10.8 Å². The largest absolute Gasteiger partial charge is 0.379 e. The predicted molar refractivity (Wildman–Crippen MR) is 122 cm³/mol. The van der Waals surface area contributed by atoms with Gasteiger partial charge in [-0.1, -0.05) is 29.5 Å². The maximum atomic E-state index is 12.9. The number of aromatic nitrogens is 1. The van der Waals surface area contributed by atoms with Crippen LogP contribution >= 0.6 is 22.7 Å². The van der Waals surface area contributed by atoms with Crippen molar-refractivity contribution in [1.29, 1.82) is 0 Å². The Balaban J connectivity index is 1.48. The summed E-state index contributed by atoms with van der Waals surface area (Å²) in [5.41, 5.74) is 2.00. The number of thiophene rings is 1. The van der Waals surface area contributed by atoms with Crippen molar-refractivity contribution in [1.82, 2.24) is 9.88 Å². The van der Waals surface area contributed by atoms with Crippen LogP contribution in [0.15, 0.2) is 30.3 Å². The predicted octanol–water partition coefficient (Wildman–Crippen LogP) is 4.29. The lowest BCUT2D eigenvalue weighted by Gasteiger charge is -2.27. The fraction of sp³-hybridized carbons (Fsp3) is 0.429. The molecule has 154 valence electrons. The van der Waals surface area contributed by atoms with Crippen molar-refractivity contribution in [3.8, 4) is 0 Å². The normalized spacial score (nSPS) is 15.0. The summed E-state index contributed by atoms with van der Waals surface area (Å²) in [6, 6.07) is 10.00. The molecular formula is C21H26N4O2S2. The van der Waals surface area contributed by atoms with Crippen LogP contribution in [0.2, 0.25) is 0 Å². The van der Waals surface area contributed by atoms with E-state index in [1.54, 1.807) is 11.3 Å². The molecule has 0 atom stereocenters. The van der Waals surface area contributed by atoms with Crippen molar-refractivity contribution in [3.63, 3.8) is 0 Å². The molecule has 1 N–H and O–H groups in total. The quantitative estimate of drug-likeness (QED) is 0.606. The number of hydrogen-bond donors (Lipinski definition) is 1. The topological polar surface area (TPSA) is 57.7 Å². The zero-order chi connectivity index (χ0) is 20.2. The Bertz CT molecular complexity index is 943. The van der Waals surface area contributed by atoms with Gasteiger partial charge in [-0.15, -0.1) is 11.3 Å². The smallest absolute Gasteiger partial charge is 0.265 e. The van der Waals surface area contributed by atoms with Crippen LogP contribution in [-0.4, -0.2) is 55.2 Å². The van der Waals surface area contributed by atoms with E-state index in [2.05, 4.69) is 35.0 Å². The molecule has 0 aliphatic carbocycles. The van der Waals surface area contributed by atoms with E-state index in [0.29, 0.717) is 4.88 Å². The van der Waals surface area contributed by atoms with Gasteiger partial charge in [-0.3, -0.25) is 9.69 Å². The Morgan fingerprint density at radius 2 is 1.97 bits per heavy atom. The van der Waals surface area contributed by atoms with Crippen LogP contribution in [0.5, 0.6) is 0 Å². The van der Waals surface area contributed by atoms with Crippen LogP contribution < -0.4 is 10.2 Å². The number of morpholine rings is 1. The highest BCUT2D eigenvalue weighted by molar-refractivity contribution is 7.29. The summed E-state index contributed by atoms with van der Waals surface area (Å²) >= 11 is 3.11. The fourth-order valence-corrected chi connectivity index (χ4v) is 5.66. The molecular weight excluding hydrogens is 404 g/mol. The molecule has 1 aliphatic rings. The third kappa shape index (κ3) is 4.61. The van der Waals surface area contributed by atoms with Gasteiger partial charge in [-0.05, 0) is 31.5 Å². The van der Waals surface area contributed by atoms with Gasteiger partial charge in [-0.25, -0.2) is 4.98 Å². The lowest BCUT2D eigenvalue weighted by Crippen LogP contribution is -2.35. The number of anilines is 2. The highest BCUT2D eigenvalue weighted by Crippen LogP contribution is 2.35. The van der Waals surface area contributed by atoms with Crippen molar-refractivity contribution < 1.29 is 9.53 Å². The zero-order valence-corrected chi connectivity index (χ0v) is 18.4. The first kappa shape index (κ1) is 20.3. The average molecular weight is 431 g/mol. The molecule has 1 aromatic carbocycles. The third-order valence-electron chi connectivity index (χ3n) is 5.10. The summed E-state index contributed by atoms with van der Waals surface area (Å²) in [7, 11) is 0. The van der Waals surface area contributed by atoms with Gasteiger partial charge in [0.15, 0.2) is 5.13 Å². The van der Waals surface area contributed by atoms with Crippen molar-refractivity contribution in [3.05, 3.63) is 40.8 Å². The second-order valence-electron chi connectivity index (χ2n) is 6.95. The maximum absolute atomic E-state index is 12.9. The summed E-state index contributed by atoms with van der Waals surface area (Å²) < 4.78 is 6.50. The molecule has 3 aromatic rings.